The van der Waals surface area contributed by atoms with Gasteiger partial charge in [0.1, 0.15) is 13.9 Å². The molecule has 0 aromatic heterocycles. The Labute approximate surface area is 170 Å². The third-order valence-corrected chi connectivity index (χ3v) is 6.41. The lowest BCUT2D eigenvalue weighted by Gasteiger charge is -2.24. The van der Waals surface area contributed by atoms with Crippen molar-refractivity contribution in [2.75, 3.05) is 27.4 Å². The van der Waals surface area contributed by atoms with Crippen molar-refractivity contribution in [3.63, 3.8) is 0 Å². The first-order chi connectivity index (χ1) is 13.2. The molecule has 0 aliphatic rings. The van der Waals surface area contributed by atoms with Crippen LogP contribution >= 0.6 is 8.15 Å². The van der Waals surface area contributed by atoms with E-state index in [9.17, 15) is 4.79 Å². The van der Waals surface area contributed by atoms with Crippen LogP contribution in [-0.2, 0) is 14.7 Å². The van der Waals surface area contributed by atoms with E-state index in [-0.39, 0.29) is 10.9 Å². The van der Waals surface area contributed by atoms with E-state index in [0.717, 1.165) is 27.7 Å². The summed E-state index contributed by atoms with van der Waals surface area (Å²) >= 11 is 0. The molecule has 1 unspecified atom stereocenters. The molecule has 0 saturated heterocycles. The number of methoxy groups -OCH3 is 2. The van der Waals surface area contributed by atoms with E-state index in [0.29, 0.717) is 13.2 Å². The minimum Gasteiger partial charge on any atom is -0.497 e. The zero-order valence-electron chi connectivity index (χ0n) is 18.0. The van der Waals surface area contributed by atoms with Gasteiger partial charge in [-0.1, -0.05) is 32.9 Å². The lowest BCUT2D eigenvalue weighted by Crippen LogP contribution is -2.17. The third kappa shape index (κ3) is 5.41. The van der Waals surface area contributed by atoms with Gasteiger partial charge in [-0.15, -0.1) is 0 Å². The van der Waals surface area contributed by atoms with Gasteiger partial charge in [-0.2, -0.15) is 0 Å². The van der Waals surface area contributed by atoms with Gasteiger partial charge in [0, 0.05) is 18.0 Å². The van der Waals surface area contributed by atoms with Crippen molar-refractivity contribution in [3.8, 4) is 5.75 Å². The molecular weight excluding hydrogens is 371 g/mol. The summed E-state index contributed by atoms with van der Waals surface area (Å²) in [7, 11) is 1.79. The zero-order valence-corrected chi connectivity index (χ0v) is 18.9. The highest BCUT2D eigenvalue weighted by Crippen LogP contribution is 2.42. The monoisotopic (exact) mass is 402 g/mol. The van der Waals surface area contributed by atoms with Crippen molar-refractivity contribution < 1.29 is 18.8 Å². The lowest BCUT2D eigenvalue weighted by molar-refractivity contribution is 0.105. The summed E-state index contributed by atoms with van der Waals surface area (Å²) in [6, 6.07) is 11.8. The Morgan fingerprint density at radius 2 is 1.54 bits per heavy atom. The van der Waals surface area contributed by atoms with Crippen LogP contribution in [0.3, 0.4) is 0 Å². The van der Waals surface area contributed by atoms with E-state index in [1.807, 2.05) is 38.1 Å². The third-order valence-electron chi connectivity index (χ3n) is 4.61. The van der Waals surface area contributed by atoms with Gasteiger partial charge in [-0.05, 0) is 60.2 Å². The van der Waals surface area contributed by atoms with Crippen molar-refractivity contribution in [1.82, 2.24) is 0 Å². The first-order valence-electron chi connectivity index (χ1n) is 9.41. The average Bonchev–Trinajstić information content (AvgIpc) is 2.64. The topological polar surface area (TPSA) is 44.8 Å². The van der Waals surface area contributed by atoms with Crippen molar-refractivity contribution in [2.45, 2.75) is 40.0 Å². The second-order valence-electron chi connectivity index (χ2n) is 7.86. The quantitative estimate of drug-likeness (QED) is 0.453. The number of carbonyl (C=O) groups excluding carboxylic acids is 1. The molecular formula is C23H31O4P. The number of benzene rings is 2. The molecule has 28 heavy (non-hydrogen) atoms. The normalized spacial score (nSPS) is 12.7. The minimum absolute atomic E-state index is 0.0340. The van der Waals surface area contributed by atoms with E-state index in [2.05, 4.69) is 32.9 Å². The van der Waals surface area contributed by atoms with E-state index in [1.165, 1.54) is 5.56 Å². The smallest absolute Gasteiger partial charge is 0.216 e. The Kier molecular flexibility index (Phi) is 7.77. The minimum atomic E-state index is -1.47. The van der Waals surface area contributed by atoms with Crippen molar-refractivity contribution in [2.24, 2.45) is 0 Å². The Morgan fingerprint density at radius 3 is 2.00 bits per heavy atom. The molecule has 2 rings (SSSR count). The van der Waals surface area contributed by atoms with E-state index in [1.54, 1.807) is 14.2 Å². The number of ether oxygens (including phenoxy) is 2. The molecule has 0 heterocycles. The highest BCUT2D eigenvalue weighted by atomic mass is 31.1. The Hall–Kier alpha value is -1.74. The van der Waals surface area contributed by atoms with Gasteiger partial charge in [0.2, 0.25) is 5.52 Å². The highest BCUT2D eigenvalue weighted by molar-refractivity contribution is 7.78. The van der Waals surface area contributed by atoms with Crippen LogP contribution in [0, 0.1) is 13.8 Å². The van der Waals surface area contributed by atoms with Crippen LogP contribution in [-0.4, -0.2) is 33.0 Å². The summed E-state index contributed by atoms with van der Waals surface area (Å²) in [5.74, 6) is 0.755. The Bertz CT molecular complexity index is 783. The van der Waals surface area contributed by atoms with Gasteiger partial charge in [-0.3, -0.25) is 4.79 Å². The molecule has 0 N–H and O–H groups in total. The number of rotatable bonds is 8. The predicted molar refractivity (Wildman–Crippen MR) is 116 cm³/mol. The maximum Gasteiger partial charge on any atom is 0.216 e. The molecule has 2 aromatic rings. The molecule has 0 bridgehead atoms. The molecule has 0 aliphatic heterocycles. The van der Waals surface area contributed by atoms with Gasteiger partial charge in [-0.25, -0.2) is 0 Å². The molecule has 0 amide bonds. The predicted octanol–water partition coefficient (Wildman–Crippen LogP) is 5.14. The largest absolute Gasteiger partial charge is 0.497 e. The highest BCUT2D eigenvalue weighted by Gasteiger charge is 2.27. The molecule has 0 saturated carbocycles. The average molecular weight is 402 g/mol. The summed E-state index contributed by atoms with van der Waals surface area (Å²) in [6.45, 7) is 11.4. The SMILES string of the molecule is COCCOP(C(=O)c1c(C)cc(C(C)(C)C)cc1C)c1ccc(OC)cc1. The Balaban J connectivity index is 2.43. The van der Waals surface area contributed by atoms with Crippen LogP contribution in [0.2, 0.25) is 0 Å². The number of hydrogen-bond acceptors (Lipinski definition) is 4. The van der Waals surface area contributed by atoms with Gasteiger partial charge in [0.15, 0.2) is 0 Å². The standard InChI is InChI=1S/C23H31O4P/c1-16-14-18(23(3,4)5)15-17(2)21(16)22(24)28(27-13-12-25-6)20-10-8-19(26-7)9-11-20/h8-11,14-15H,12-13H2,1-7H3. The molecule has 2 aromatic carbocycles. The summed E-state index contributed by atoms with van der Waals surface area (Å²) in [5.41, 5.74) is 4.04. The van der Waals surface area contributed by atoms with Crippen LogP contribution < -0.4 is 10.0 Å². The first-order valence-corrected chi connectivity index (χ1v) is 10.7. The molecule has 4 nitrogen and oxygen atoms in total. The zero-order chi connectivity index (χ0) is 20.9. The molecule has 0 spiro atoms. The number of carbonyl (C=O) groups is 1. The van der Waals surface area contributed by atoms with E-state index >= 15 is 0 Å². The molecule has 1 atom stereocenters. The van der Waals surface area contributed by atoms with Gasteiger partial charge >= 0.3 is 0 Å². The molecule has 0 fully saturated rings. The van der Waals surface area contributed by atoms with Crippen molar-refractivity contribution in [1.29, 1.82) is 0 Å². The summed E-state index contributed by atoms with van der Waals surface area (Å²) < 4.78 is 16.4. The Morgan fingerprint density at radius 1 is 0.964 bits per heavy atom. The lowest BCUT2D eigenvalue weighted by atomic mass is 9.84. The van der Waals surface area contributed by atoms with Crippen LogP contribution in [0.15, 0.2) is 36.4 Å². The molecule has 0 radical (unpaired) electrons. The number of hydrogen-bond donors (Lipinski definition) is 0. The fraction of sp³-hybridized carbons (Fsp3) is 0.435. The van der Waals surface area contributed by atoms with Crippen molar-refractivity contribution in [3.05, 3.63) is 58.7 Å². The van der Waals surface area contributed by atoms with Crippen LogP contribution in [0.1, 0.15) is 47.8 Å². The van der Waals surface area contributed by atoms with Gasteiger partial charge in [0.05, 0.1) is 20.3 Å². The second-order valence-corrected chi connectivity index (χ2v) is 9.63. The van der Waals surface area contributed by atoms with Crippen LogP contribution in [0.4, 0.5) is 0 Å². The molecule has 152 valence electrons. The van der Waals surface area contributed by atoms with E-state index < -0.39 is 8.15 Å². The number of aryl methyl sites for hydroxylation is 2. The summed E-state index contributed by atoms with van der Waals surface area (Å²) in [5, 5.41) is 0.871. The van der Waals surface area contributed by atoms with Gasteiger partial charge in [0.25, 0.3) is 0 Å². The second kappa shape index (κ2) is 9.65. The van der Waals surface area contributed by atoms with Crippen LogP contribution in [0.5, 0.6) is 5.75 Å². The van der Waals surface area contributed by atoms with Gasteiger partial charge < -0.3 is 14.0 Å². The van der Waals surface area contributed by atoms with Crippen LogP contribution in [0.25, 0.3) is 0 Å². The van der Waals surface area contributed by atoms with E-state index in [4.69, 9.17) is 14.0 Å². The maximum absolute atomic E-state index is 13.5. The summed E-state index contributed by atoms with van der Waals surface area (Å²) in [6.07, 6.45) is 0. The fourth-order valence-electron chi connectivity index (χ4n) is 3.02. The van der Waals surface area contributed by atoms with Crippen molar-refractivity contribution >= 4 is 19.0 Å². The first kappa shape index (κ1) is 22.5. The maximum atomic E-state index is 13.5. The molecule has 0 aliphatic carbocycles. The summed E-state index contributed by atoms with van der Waals surface area (Å²) in [4.78, 5) is 13.5. The fourth-order valence-corrected chi connectivity index (χ4v) is 4.75. The molecule has 5 heteroatoms.